The summed E-state index contributed by atoms with van der Waals surface area (Å²) in [6.45, 7) is 2.78. The number of thiophene rings is 1. The molecular formula is C12H11NOS. The number of ether oxygens (including phenoxy) is 1. The Morgan fingerprint density at radius 3 is 3.00 bits per heavy atom. The summed E-state index contributed by atoms with van der Waals surface area (Å²) in [6, 6.07) is 10.8. The highest BCUT2D eigenvalue weighted by Crippen LogP contribution is 2.27. The molecule has 1 aliphatic heterocycles. The number of rotatable bonds is 1. The second-order valence-corrected chi connectivity index (χ2v) is 4.83. The van der Waals surface area contributed by atoms with Crippen LogP contribution in [0.1, 0.15) is 11.8 Å². The summed E-state index contributed by atoms with van der Waals surface area (Å²) in [5, 5.41) is 1.27. The SMILES string of the molecule is C[C@H]1COC(c2cc3ccccc3s2)=N1. The van der Waals surface area contributed by atoms with Crippen molar-refractivity contribution in [2.75, 3.05) is 6.61 Å². The van der Waals surface area contributed by atoms with Crippen LogP contribution in [0.4, 0.5) is 0 Å². The summed E-state index contributed by atoms with van der Waals surface area (Å²) in [5.41, 5.74) is 0. The van der Waals surface area contributed by atoms with Crippen molar-refractivity contribution in [1.82, 2.24) is 0 Å². The molecule has 0 amide bonds. The zero-order chi connectivity index (χ0) is 10.3. The quantitative estimate of drug-likeness (QED) is 0.719. The van der Waals surface area contributed by atoms with E-state index in [1.807, 2.05) is 0 Å². The molecule has 1 aromatic carbocycles. The van der Waals surface area contributed by atoms with E-state index < -0.39 is 0 Å². The third-order valence-electron chi connectivity index (χ3n) is 2.44. The lowest BCUT2D eigenvalue weighted by atomic mass is 10.2. The molecule has 3 rings (SSSR count). The number of fused-ring (bicyclic) bond motifs is 1. The Morgan fingerprint density at radius 2 is 2.27 bits per heavy atom. The molecule has 76 valence electrons. The first kappa shape index (κ1) is 8.92. The second kappa shape index (κ2) is 3.35. The number of hydrogen-bond donors (Lipinski definition) is 0. The molecule has 0 saturated carbocycles. The van der Waals surface area contributed by atoms with Gasteiger partial charge in [-0.15, -0.1) is 11.3 Å². The van der Waals surface area contributed by atoms with Crippen molar-refractivity contribution < 1.29 is 4.74 Å². The first-order valence-electron chi connectivity index (χ1n) is 5.02. The van der Waals surface area contributed by atoms with Gasteiger partial charge in [0.25, 0.3) is 0 Å². The van der Waals surface area contributed by atoms with Crippen LogP contribution in [0.25, 0.3) is 10.1 Å². The van der Waals surface area contributed by atoms with E-state index in [0.29, 0.717) is 12.6 Å². The predicted octanol–water partition coefficient (Wildman–Crippen LogP) is 3.07. The Morgan fingerprint density at radius 1 is 1.40 bits per heavy atom. The van der Waals surface area contributed by atoms with Gasteiger partial charge in [0, 0.05) is 4.70 Å². The molecule has 15 heavy (non-hydrogen) atoms. The molecule has 0 bridgehead atoms. The maximum absolute atomic E-state index is 5.54. The number of hydrogen-bond acceptors (Lipinski definition) is 3. The van der Waals surface area contributed by atoms with Crippen LogP contribution >= 0.6 is 11.3 Å². The van der Waals surface area contributed by atoms with E-state index in [-0.39, 0.29) is 0 Å². The molecule has 2 nitrogen and oxygen atoms in total. The van der Waals surface area contributed by atoms with Gasteiger partial charge in [0.2, 0.25) is 5.90 Å². The maximum atomic E-state index is 5.54. The van der Waals surface area contributed by atoms with Crippen LogP contribution in [0.15, 0.2) is 35.3 Å². The van der Waals surface area contributed by atoms with Gasteiger partial charge >= 0.3 is 0 Å². The fourth-order valence-electron chi connectivity index (χ4n) is 1.70. The highest BCUT2D eigenvalue weighted by atomic mass is 32.1. The lowest BCUT2D eigenvalue weighted by Gasteiger charge is -1.95. The molecule has 3 heteroatoms. The molecule has 0 unspecified atom stereocenters. The van der Waals surface area contributed by atoms with Gasteiger partial charge in [0.1, 0.15) is 6.61 Å². The van der Waals surface area contributed by atoms with E-state index in [0.717, 1.165) is 10.8 Å². The highest BCUT2D eigenvalue weighted by Gasteiger charge is 2.17. The van der Waals surface area contributed by atoms with Gasteiger partial charge in [-0.2, -0.15) is 0 Å². The molecule has 2 heterocycles. The van der Waals surface area contributed by atoms with Gasteiger partial charge in [0.05, 0.1) is 10.9 Å². The third kappa shape index (κ3) is 1.53. The maximum Gasteiger partial charge on any atom is 0.226 e. The smallest absolute Gasteiger partial charge is 0.226 e. The van der Waals surface area contributed by atoms with E-state index in [1.54, 1.807) is 11.3 Å². The molecule has 0 radical (unpaired) electrons. The molecule has 0 fully saturated rings. The average Bonchev–Trinajstić information content (AvgIpc) is 2.82. The van der Waals surface area contributed by atoms with Crippen molar-refractivity contribution in [2.24, 2.45) is 4.99 Å². The average molecular weight is 217 g/mol. The van der Waals surface area contributed by atoms with E-state index in [4.69, 9.17) is 4.74 Å². The van der Waals surface area contributed by atoms with E-state index in [2.05, 4.69) is 42.2 Å². The monoisotopic (exact) mass is 217 g/mol. The Labute approximate surface area is 92.2 Å². The fraction of sp³-hybridized carbons (Fsp3) is 0.250. The van der Waals surface area contributed by atoms with Crippen LogP contribution in [0.2, 0.25) is 0 Å². The second-order valence-electron chi connectivity index (χ2n) is 3.74. The molecular weight excluding hydrogens is 206 g/mol. The summed E-state index contributed by atoms with van der Waals surface area (Å²) in [7, 11) is 0. The van der Waals surface area contributed by atoms with Gasteiger partial charge in [-0.05, 0) is 24.4 Å². The minimum atomic E-state index is 0.296. The van der Waals surface area contributed by atoms with Crippen LogP contribution in [0, 0.1) is 0 Å². The lowest BCUT2D eigenvalue weighted by Crippen LogP contribution is -1.99. The normalized spacial score (nSPS) is 20.3. The number of aliphatic imine (C=N–C) groups is 1. The molecule has 1 aliphatic rings. The molecule has 1 atom stereocenters. The summed E-state index contributed by atoms with van der Waals surface area (Å²) in [5.74, 6) is 0.809. The van der Waals surface area contributed by atoms with Gasteiger partial charge in [-0.3, -0.25) is 0 Å². The van der Waals surface area contributed by atoms with Crippen molar-refractivity contribution in [3.8, 4) is 0 Å². The largest absolute Gasteiger partial charge is 0.475 e. The first-order chi connectivity index (χ1) is 7.33. The third-order valence-corrected chi connectivity index (χ3v) is 3.54. The van der Waals surface area contributed by atoms with Crippen molar-refractivity contribution in [3.63, 3.8) is 0 Å². The molecule has 0 saturated heterocycles. The van der Waals surface area contributed by atoms with E-state index in [1.165, 1.54) is 10.1 Å². The zero-order valence-corrected chi connectivity index (χ0v) is 9.25. The van der Waals surface area contributed by atoms with Crippen molar-refractivity contribution >= 4 is 27.3 Å². The van der Waals surface area contributed by atoms with Gasteiger partial charge in [-0.1, -0.05) is 18.2 Å². The van der Waals surface area contributed by atoms with Crippen LogP contribution in [-0.2, 0) is 4.74 Å². The van der Waals surface area contributed by atoms with Crippen molar-refractivity contribution in [1.29, 1.82) is 0 Å². The summed E-state index contributed by atoms with van der Waals surface area (Å²) in [4.78, 5) is 5.60. The minimum absolute atomic E-state index is 0.296. The standard InChI is InChI=1S/C12H11NOS/c1-8-7-14-12(13-8)11-6-9-4-2-3-5-10(9)15-11/h2-6,8H,7H2,1H3/t8-/m0/s1. The predicted molar refractivity (Wildman–Crippen MR) is 63.8 cm³/mol. The topological polar surface area (TPSA) is 21.6 Å². The Hall–Kier alpha value is -1.35. The summed E-state index contributed by atoms with van der Waals surface area (Å²) >= 11 is 1.74. The van der Waals surface area contributed by atoms with Crippen LogP contribution in [0.5, 0.6) is 0 Å². The minimum Gasteiger partial charge on any atom is -0.475 e. The Kier molecular flexibility index (Phi) is 1.99. The van der Waals surface area contributed by atoms with Crippen LogP contribution in [0.3, 0.4) is 0 Å². The van der Waals surface area contributed by atoms with E-state index in [9.17, 15) is 0 Å². The van der Waals surface area contributed by atoms with Gasteiger partial charge < -0.3 is 4.74 Å². The summed E-state index contributed by atoms with van der Waals surface area (Å²) < 4.78 is 6.83. The van der Waals surface area contributed by atoms with Gasteiger partial charge in [0.15, 0.2) is 0 Å². The molecule has 2 aromatic rings. The molecule has 0 aliphatic carbocycles. The summed E-state index contributed by atoms with van der Waals surface area (Å²) in [6.07, 6.45) is 0. The molecule has 0 N–H and O–H groups in total. The highest BCUT2D eigenvalue weighted by molar-refractivity contribution is 7.20. The van der Waals surface area contributed by atoms with Crippen molar-refractivity contribution in [2.45, 2.75) is 13.0 Å². The van der Waals surface area contributed by atoms with E-state index >= 15 is 0 Å². The van der Waals surface area contributed by atoms with Crippen molar-refractivity contribution in [3.05, 3.63) is 35.2 Å². The van der Waals surface area contributed by atoms with Crippen LogP contribution in [-0.4, -0.2) is 18.5 Å². The zero-order valence-electron chi connectivity index (χ0n) is 8.43. The molecule has 1 aromatic heterocycles. The number of nitrogens with zero attached hydrogens (tertiary/aromatic N) is 1. The van der Waals surface area contributed by atoms with Crippen LogP contribution < -0.4 is 0 Å². The Bertz CT molecular complexity index is 496. The number of benzene rings is 1. The first-order valence-corrected chi connectivity index (χ1v) is 5.84. The Balaban J connectivity index is 2.09. The van der Waals surface area contributed by atoms with Gasteiger partial charge in [-0.25, -0.2) is 4.99 Å². The fourth-order valence-corrected chi connectivity index (χ4v) is 2.71. The lowest BCUT2D eigenvalue weighted by molar-refractivity contribution is 0.324. The molecule has 0 spiro atoms.